The number of nitrogens with one attached hydrogen (secondary N) is 4. The molecule has 11 heteroatoms. The number of aromatic amines is 2. The second kappa shape index (κ2) is 9.90. The van der Waals surface area contributed by atoms with E-state index in [0.29, 0.717) is 54.2 Å². The lowest BCUT2D eigenvalue weighted by Gasteiger charge is -2.28. The summed E-state index contributed by atoms with van der Waals surface area (Å²) in [5.41, 5.74) is 3.87. The van der Waals surface area contributed by atoms with Gasteiger partial charge in [0.25, 0.3) is 11.8 Å². The Kier molecular flexibility index (Phi) is 6.35. The van der Waals surface area contributed by atoms with E-state index in [-0.39, 0.29) is 23.9 Å². The zero-order chi connectivity index (χ0) is 25.1. The molecule has 1 aliphatic rings. The average Bonchev–Trinajstić information content (AvgIpc) is 3.55. The Bertz CT molecular complexity index is 1430. The molecule has 2 aromatic heterocycles. The van der Waals surface area contributed by atoms with Gasteiger partial charge >= 0.3 is 6.09 Å². The topological polar surface area (TPSA) is 145 Å². The third-order valence-electron chi connectivity index (χ3n) is 5.89. The maximum atomic E-state index is 13.0. The number of carbonyl (C=O) groups excluding carboxylic acids is 3. The van der Waals surface area contributed by atoms with Crippen molar-refractivity contribution in [2.45, 2.75) is 26.3 Å². The summed E-state index contributed by atoms with van der Waals surface area (Å²) in [6, 6.07) is 10.6. The van der Waals surface area contributed by atoms with Crippen LogP contribution in [0.1, 0.15) is 45.2 Å². The number of fused-ring (bicyclic) bond motifs is 2. The summed E-state index contributed by atoms with van der Waals surface area (Å²) < 4.78 is 5.23. The molecule has 1 aliphatic heterocycles. The summed E-state index contributed by atoms with van der Waals surface area (Å²) >= 11 is 0. The molecule has 0 aliphatic carbocycles. The number of rotatable bonds is 6. The van der Waals surface area contributed by atoms with Crippen LogP contribution in [0.3, 0.4) is 0 Å². The maximum absolute atomic E-state index is 13.0. The number of H-pyrrole nitrogens is 2. The normalized spacial score (nSPS) is 12.8. The fourth-order valence-electron chi connectivity index (χ4n) is 4.09. The van der Waals surface area contributed by atoms with Crippen LogP contribution in [-0.2, 0) is 17.7 Å². The summed E-state index contributed by atoms with van der Waals surface area (Å²) in [7, 11) is 0. The van der Waals surface area contributed by atoms with Crippen molar-refractivity contribution in [3.05, 3.63) is 71.0 Å². The first-order valence-electron chi connectivity index (χ1n) is 11.7. The quantitative estimate of drug-likeness (QED) is 0.326. The van der Waals surface area contributed by atoms with Gasteiger partial charge in [-0.05, 0) is 48.2 Å². The predicted octanol–water partition coefficient (Wildman–Crippen LogP) is 3.70. The lowest BCUT2D eigenvalue weighted by Crippen LogP contribution is -2.36. The SMILES string of the molecule is CCCOC(=O)N1CCc2cc(C(=O)Nc3nc4c(C(=O)Nc5ncc[nH]5)cccc4[nH]3)ccc2C1. The van der Waals surface area contributed by atoms with Gasteiger partial charge in [-0.3, -0.25) is 20.2 Å². The van der Waals surface area contributed by atoms with E-state index in [1.807, 2.05) is 19.1 Å². The van der Waals surface area contributed by atoms with Gasteiger partial charge < -0.3 is 19.6 Å². The number of hydrogen-bond donors (Lipinski definition) is 4. The minimum atomic E-state index is -0.373. The van der Waals surface area contributed by atoms with Crippen LogP contribution in [0.2, 0.25) is 0 Å². The first kappa shape index (κ1) is 23.1. The van der Waals surface area contributed by atoms with Gasteiger partial charge in [-0.25, -0.2) is 14.8 Å². The van der Waals surface area contributed by atoms with E-state index in [1.165, 1.54) is 6.20 Å². The number of imidazole rings is 2. The molecule has 0 bridgehead atoms. The third-order valence-corrected chi connectivity index (χ3v) is 5.89. The van der Waals surface area contributed by atoms with Crippen molar-refractivity contribution in [2.75, 3.05) is 23.8 Å². The molecular formula is C25H25N7O4. The number of para-hydroxylation sites is 1. The number of amides is 3. The summed E-state index contributed by atoms with van der Waals surface area (Å²) in [5, 5.41) is 5.45. The van der Waals surface area contributed by atoms with Gasteiger partial charge in [0, 0.05) is 31.0 Å². The van der Waals surface area contributed by atoms with E-state index in [9.17, 15) is 14.4 Å². The molecule has 0 saturated carbocycles. The number of carbonyl (C=O) groups is 3. The Balaban J connectivity index is 1.29. The Morgan fingerprint density at radius 3 is 2.75 bits per heavy atom. The van der Waals surface area contributed by atoms with Crippen molar-refractivity contribution in [2.24, 2.45) is 0 Å². The molecule has 5 rings (SSSR count). The van der Waals surface area contributed by atoms with Crippen LogP contribution in [0, 0.1) is 0 Å². The van der Waals surface area contributed by atoms with Crippen molar-refractivity contribution < 1.29 is 19.1 Å². The molecule has 3 amide bonds. The summed E-state index contributed by atoms with van der Waals surface area (Å²) in [5.74, 6) is -0.143. The Labute approximate surface area is 206 Å². The fourth-order valence-corrected chi connectivity index (χ4v) is 4.09. The molecule has 0 fully saturated rings. The highest BCUT2D eigenvalue weighted by Crippen LogP contribution is 2.23. The lowest BCUT2D eigenvalue weighted by atomic mass is 9.97. The number of nitrogens with zero attached hydrogens (tertiary/aromatic N) is 3. The minimum Gasteiger partial charge on any atom is -0.449 e. The summed E-state index contributed by atoms with van der Waals surface area (Å²) in [6.45, 7) is 3.34. The number of hydrogen-bond acceptors (Lipinski definition) is 6. The smallest absolute Gasteiger partial charge is 0.410 e. The van der Waals surface area contributed by atoms with E-state index < -0.39 is 0 Å². The number of anilines is 2. The van der Waals surface area contributed by atoms with Crippen molar-refractivity contribution in [1.82, 2.24) is 24.8 Å². The molecule has 36 heavy (non-hydrogen) atoms. The van der Waals surface area contributed by atoms with Gasteiger partial charge in [-0.1, -0.05) is 19.1 Å². The van der Waals surface area contributed by atoms with Crippen LogP contribution in [0.5, 0.6) is 0 Å². The van der Waals surface area contributed by atoms with Gasteiger partial charge in [-0.2, -0.15) is 0 Å². The van der Waals surface area contributed by atoms with E-state index in [2.05, 4.69) is 30.6 Å². The molecule has 0 unspecified atom stereocenters. The largest absolute Gasteiger partial charge is 0.449 e. The number of aromatic nitrogens is 4. The molecule has 184 valence electrons. The Morgan fingerprint density at radius 1 is 1.08 bits per heavy atom. The van der Waals surface area contributed by atoms with Crippen LogP contribution >= 0.6 is 0 Å². The first-order chi connectivity index (χ1) is 17.5. The van der Waals surface area contributed by atoms with E-state index in [4.69, 9.17) is 4.74 Å². The van der Waals surface area contributed by atoms with Gasteiger partial charge in [0.05, 0.1) is 17.7 Å². The van der Waals surface area contributed by atoms with Crippen molar-refractivity contribution in [3.8, 4) is 0 Å². The molecule has 0 saturated heterocycles. The maximum Gasteiger partial charge on any atom is 0.410 e. The van der Waals surface area contributed by atoms with Gasteiger partial charge in [0.15, 0.2) is 0 Å². The minimum absolute atomic E-state index is 0.232. The molecule has 3 heterocycles. The third kappa shape index (κ3) is 4.76. The highest BCUT2D eigenvalue weighted by Gasteiger charge is 2.23. The van der Waals surface area contributed by atoms with Crippen LogP contribution in [0.15, 0.2) is 48.8 Å². The molecule has 0 radical (unpaired) electrons. The predicted molar refractivity (Wildman–Crippen MR) is 133 cm³/mol. The van der Waals surface area contributed by atoms with Crippen molar-refractivity contribution in [1.29, 1.82) is 0 Å². The van der Waals surface area contributed by atoms with Crippen molar-refractivity contribution >= 4 is 40.8 Å². The molecular weight excluding hydrogens is 462 g/mol. The molecule has 4 aromatic rings. The Morgan fingerprint density at radius 2 is 1.94 bits per heavy atom. The second-order valence-electron chi connectivity index (χ2n) is 8.40. The lowest BCUT2D eigenvalue weighted by molar-refractivity contribution is 0.0974. The second-order valence-corrected chi connectivity index (χ2v) is 8.40. The number of benzene rings is 2. The first-order valence-corrected chi connectivity index (χ1v) is 11.7. The van der Waals surface area contributed by atoms with Gasteiger partial charge in [0.2, 0.25) is 11.9 Å². The number of ether oxygens (including phenoxy) is 1. The molecule has 0 spiro atoms. The molecule has 2 aromatic carbocycles. The fraction of sp³-hybridized carbons (Fsp3) is 0.240. The molecule has 4 N–H and O–H groups in total. The zero-order valence-electron chi connectivity index (χ0n) is 19.6. The Hall–Kier alpha value is -4.67. The van der Waals surface area contributed by atoms with Crippen molar-refractivity contribution in [3.63, 3.8) is 0 Å². The van der Waals surface area contributed by atoms with Gasteiger partial charge in [-0.15, -0.1) is 0 Å². The zero-order valence-corrected chi connectivity index (χ0v) is 19.6. The van der Waals surface area contributed by atoms with E-state index >= 15 is 0 Å². The molecule has 11 nitrogen and oxygen atoms in total. The van der Waals surface area contributed by atoms with Gasteiger partial charge in [0.1, 0.15) is 5.52 Å². The van der Waals surface area contributed by atoms with Crippen LogP contribution < -0.4 is 10.6 Å². The average molecular weight is 488 g/mol. The van der Waals surface area contributed by atoms with Crippen LogP contribution in [0.25, 0.3) is 11.0 Å². The molecule has 0 atom stereocenters. The standard InChI is InChI=1S/C25H25N7O4/c1-2-12-36-25(35)32-11-8-15-13-16(6-7-17(15)14-32)21(33)30-24-28-19-5-3-4-18(20(19)29-24)22(34)31-23-26-9-10-27-23/h3-7,9-10,13H,2,8,11-12,14H2,1H3,(H2,26,27,31,34)(H2,28,29,30,33). The summed E-state index contributed by atoms with van der Waals surface area (Å²) in [6.07, 6.45) is 4.25. The van der Waals surface area contributed by atoms with E-state index in [1.54, 1.807) is 35.4 Å². The van der Waals surface area contributed by atoms with Crippen LogP contribution in [0.4, 0.5) is 16.7 Å². The highest BCUT2D eigenvalue weighted by molar-refractivity contribution is 6.11. The summed E-state index contributed by atoms with van der Waals surface area (Å²) in [4.78, 5) is 53.8. The highest BCUT2D eigenvalue weighted by atomic mass is 16.6. The van der Waals surface area contributed by atoms with E-state index in [0.717, 1.165) is 17.5 Å². The monoisotopic (exact) mass is 487 g/mol. The van der Waals surface area contributed by atoms with Crippen LogP contribution in [-0.4, -0.2) is 55.9 Å².